The molecule has 0 saturated carbocycles. The van der Waals surface area contributed by atoms with Gasteiger partial charge in [-0.3, -0.25) is 19.4 Å². The summed E-state index contributed by atoms with van der Waals surface area (Å²) in [7, 11) is 1.24. The smallest absolute Gasteiger partial charge is 0.325 e. The molecule has 4 rings (SSSR count). The number of ether oxygens (including phenoxy) is 1. The summed E-state index contributed by atoms with van der Waals surface area (Å²) >= 11 is 0. The minimum absolute atomic E-state index is 0.0714. The SMILES string of the molecule is C=C(CN1Cc2c(ccc3ccc(-c4ccccn4)cc23)C1=O)C(=O)NCC(=O)OC. The van der Waals surface area contributed by atoms with Gasteiger partial charge in [-0.05, 0) is 40.6 Å². The van der Waals surface area contributed by atoms with Crippen molar-refractivity contribution in [3.05, 3.63) is 78.0 Å². The minimum atomic E-state index is -0.555. The highest BCUT2D eigenvalue weighted by Crippen LogP contribution is 2.33. The van der Waals surface area contributed by atoms with Crippen LogP contribution in [0.25, 0.3) is 22.0 Å². The molecule has 31 heavy (non-hydrogen) atoms. The number of methoxy groups -OCH3 is 1. The van der Waals surface area contributed by atoms with Crippen LogP contribution in [0.1, 0.15) is 15.9 Å². The topological polar surface area (TPSA) is 88.6 Å². The molecule has 156 valence electrons. The van der Waals surface area contributed by atoms with Crippen LogP contribution in [0.3, 0.4) is 0 Å². The van der Waals surface area contributed by atoms with Crippen LogP contribution in [0.4, 0.5) is 0 Å². The normalized spacial score (nSPS) is 12.5. The van der Waals surface area contributed by atoms with Gasteiger partial charge in [-0.1, -0.05) is 30.8 Å². The summed E-state index contributed by atoms with van der Waals surface area (Å²) in [5.41, 5.74) is 3.57. The fraction of sp³-hybridized carbons (Fsp3) is 0.167. The number of nitrogens with zero attached hydrogens (tertiary/aromatic N) is 2. The van der Waals surface area contributed by atoms with E-state index in [4.69, 9.17) is 0 Å². The Morgan fingerprint density at radius 3 is 2.74 bits per heavy atom. The Labute approximate surface area is 179 Å². The number of carbonyl (C=O) groups excluding carboxylic acids is 3. The number of benzene rings is 2. The van der Waals surface area contributed by atoms with Crippen molar-refractivity contribution in [2.75, 3.05) is 20.2 Å². The van der Waals surface area contributed by atoms with E-state index in [1.807, 2.05) is 48.5 Å². The van der Waals surface area contributed by atoms with Crippen molar-refractivity contribution >= 4 is 28.6 Å². The molecule has 3 aromatic rings. The van der Waals surface area contributed by atoms with Crippen LogP contribution in [-0.4, -0.2) is 47.9 Å². The molecular weight excluding hydrogens is 394 g/mol. The molecule has 7 heteroatoms. The fourth-order valence-electron chi connectivity index (χ4n) is 3.66. The van der Waals surface area contributed by atoms with Crippen molar-refractivity contribution in [1.29, 1.82) is 0 Å². The first-order valence-corrected chi connectivity index (χ1v) is 9.77. The first-order valence-electron chi connectivity index (χ1n) is 9.77. The molecule has 0 aliphatic carbocycles. The van der Waals surface area contributed by atoms with E-state index in [0.717, 1.165) is 27.6 Å². The van der Waals surface area contributed by atoms with Crippen LogP contribution in [0.15, 0.2) is 66.9 Å². The largest absolute Gasteiger partial charge is 0.468 e. The highest BCUT2D eigenvalue weighted by Gasteiger charge is 2.30. The Morgan fingerprint density at radius 2 is 2.00 bits per heavy atom. The summed E-state index contributed by atoms with van der Waals surface area (Å²) in [6.45, 7) is 3.97. The monoisotopic (exact) mass is 415 g/mol. The molecule has 2 heterocycles. The quantitative estimate of drug-likeness (QED) is 0.494. The molecular formula is C24H21N3O4. The van der Waals surface area contributed by atoms with Gasteiger partial charge in [0.1, 0.15) is 6.54 Å². The Hall–Kier alpha value is -4.00. The van der Waals surface area contributed by atoms with Crippen molar-refractivity contribution in [3.63, 3.8) is 0 Å². The molecule has 0 atom stereocenters. The second kappa shape index (κ2) is 8.39. The van der Waals surface area contributed by atoms with Gasteiger partial charge in [-0.15, -0.1) is 0 Å². The van der Waals surface area contributed by atoms with Crippen LogP contribution >= 0.6 is 0 Å². The molecule has 7 nitrogen and oxygen atoms in total. The van der Waals surface area contributed by atoms with Gasteiger partial charge < -0.3 is 15.0 Å². The van der Waals surface area contributed by atoms with Crippen molar-refractivity contribution in [2.45, 2.75) is 6.54 Å². The highest BCUT2D eigenvalue weighted by molar-refractivity contribution is 6.05. The lowest BCUT2D eigenvalue weighted by Crippen LogP contribution is -2.35. The number of pyridine rings is 1. The number of hydrogen-bond donors (Lipinski definition) is 1. The Bertz CT molecular complexity index is 1200. The zero-order valence-electron chi connectivity index (χ0n) is 17.1. The lowest BCUT2D eigenvalue weighted by Gasteiger charge is -2.17. The molecule has 1 aliphatic heterocycles. The molecule has 0 bridgehead atoms. The summed E-state index contributed by atoms with van der Waals surface area (Å²) in [4.78, 5) is 42.3. The van der Waals surface area contributed by atoms with Gasteiger partial charge in [0.2, 0.25) is 5.91 Å². The molecule has 0 spiro atoms. The van der Waals surface area contributed by atoms with Crippen LogP contribution in [0, 0.1) is 0 Å². The number of amides is 2. The second-order valence-corrected chi connectivity index (χ2v) is 7.27. The Balaban J connectivity index is 1.56. The summed E-state index contributed by atoms with van der Waals surface area (Å²) < 4.78 is 4.50. The van der Waals surface area contributed by atoms with E-state index < -0.39 is 11.9 Å². The van der Waals surface area contributed by atoms with Crippen LogP contribution in [0.2, 0.25) is 0 Å². The van der Waals surface area contributed by atoms with Gasteiger partial charge in [-0.2, -0.15) is 0 Å². The van der Waals surface area contributed by atoms with Crippen molar-refractivity contribution in [2.24, 2.45) is 0 Å². The molecule has 0 fully saturated rings. The maximum Gasteiger partial charge on any atom is 0.325 e. The fourth-order valence-corrected chi connectivity index (χ4v) is 3.66. The van der Waals surface area contributed by atoms with Crippen molar-refractivity contribution in [3.8, 4) is 11.3 Å². The minimum Gasteiger partial charge on any atom is -0.468 e. The maximum absolute atomic E-state index is 12.9. The first kappa shape index (κ1) is 20.3. The van der Waals surface area contributed by atoms with E-state index in [-0.39, 0.29) is 24.6 Å². The molecule has 0 unspecified atom stereocenters. The van der Waals surface area contributed by atoms with Gasteiger partial charge in [-0.25, -0.2) is 0 Å². The number of rotatable bonds is 6. The number of carbonyl (C=O) groups is 3. The molecule has 0 radical (unpaired) electrons. The van der Waals surface area contributed by atoms with Gasteiger partial charge >= 0.3 is 5.97 Å². The molecule has 1 aliphatic rings. The van der Waals surface area contributed by atoms with Crippen molar-refractivity contribution in [1.82, 2.24) is 15.2 Å². The van der Waals surface area contributed by atoms with Crippen LogP contribution < -0.4 is 5.32 Å². The lowest BCUT2D eigenvalue weighted by atomic mass is 9.98. The average Bonchev–Trinajstić information content (AvgIpc) is 3.12. The molecule has 0 saturated heterocycles. The third kappa shape index (κ3) is 4.02. The second-order valence-electron chi connectivity index (χ2n) is 7.27. The lowest BCUT2D eigenvalue weighted by molar-refractivity contribution is -0.140. The van der Waals surface area contributed by atoms with E-state index in [1.54, 1.807) is 11.1 Å². The van der Waals surface area contributed by atoms with E-state index in [2.05, 4.69) is 21.6 Å². The number of aromatic nitrogens is 1. The third-order valence-corrected chi connectivity index (χ3v) is 5.28. The van der Waals surface area contributed by atoms with Gasteiger partial charge in [0.05, 0.1) is 19.3 Å². The number of esters is 1. The van der Waals surface area contributed by atoms with Crippen molar-refractivity contribution < 1.29 is 19.1 Å². The van der Waals surface area contributed by atoms with Gasteiger partial charge in [0.25, 0.3) is 5.91 Å². The van der Waals surface area contributed by atoms with E-state index in [9.17, 15) is 14.4 Å². The van der Waals surface area contributed by atoms with Gasteiger partial charge in [0, 0.05) is 29.4 Å². The standard InChI is InChI=1S/C24H21N3O4/c1-15(23(29)26-12-22(28)31-2)13-27-14-20-18(24(27)30)9-8-16-6-7-17(11-19(16)20)21-5-3-4-10-25-21/h3-11H,1,12-14H2,2H3,(H,26,29). The highest BCUT2D eigenvalue weighted by atomic mass is 16.5. The van der Waals surface area contributed by atoms with Crippen LogP contribution in [-0.2, 0) is 20.9 Å². The Kier molecular flexibility index (Phi) is 5.49. The number of nitrogens with one attached hydrogen (secondary N) is 1. The predicted molar refractivity (Wildman–Crippen MR) is 116 cm³/mol. The summed E-state index contributed by atoms with van der Waals surface area (Å²) in [5.74, 6) is -1.19. The number of fused-ring (bicyclic) bond motifs is 3. The maximum atomic E-state index is 12.9. The summed E-state index contributed by atoms with van der Waals surface area (Å²) in [6, 6.07) is 15.6. The zero-order valence-corrected chi connectivity index (χ0v) is 17.1. The number of hydrogen-bond acceptors (Lipinski definition) is 5. The summed E-state index contributed by atoms with van der Waals surface area (Å²) in [6.07, 6.45) is 1.75. The average molecular weight is 415 g/mol. The Morgan fingerprint density at radius 1 is 1.19 bits per heavy atom. The molecule has 1 aromatic heterocycles. The summed E-state index contributed by atoms with van der Waals surface area (Å²) in [5, 5.41) is 4.45. The zero-order chi connectivity index (χ0) is 22.0. The molecule has 2 aromatic carbocycles. The predicted octanol–water partition coefficient (Wildman–Crippen LogP) is 2.70. The first-order chi connectivity index (χ1) is 15.0. The molecule has 1 N–H and O–H groups in total. The van der Waals surface area contributed by atoms with Gasteiger partial charge in [0.15, 0.2) is 0 Å². The van der Waals surface area contributed by atoms with E-state index in [0.29, 0.717) is 12.1 Å². The molecule has 2 amide bonds. The van der Waals surface area contributed by atoms with E-state index in [1.165, 1.54) is 7.11 Å². The third-order valence-electron chi connectivity index (χ3n) is 5.28. The van der Waals surface area contributed by atoms with Crippen LogP contribution in [0.5, 0.6) is 0 Å². The van der Waals surface area contributed by atoms with E-state index >= 15 is 0 Å².